The highest BCUT2D eigenvalue weighted by molar-refractivity contribution is 5.92. The molecule has 8 nitrogen and oxygen atoms in total. The second-order valence-corrected chi connectivity index (χ2v) is 10.3. The van der Waals surface area contributed by atoms with Crippen molar-refractivity contribution in [3.05, 3.63) is 64.2 Å². The minimum atomic E-state index is -0.419. The molecule has 3 heterocycles. The van der Waals surface area contributed by atoms with Crippen molar-refractivity contribution in [3.63, 3.8) is 0 Å². The number of hydrogen-bond acceptors (Lipinski definition) is 6. The molecule has 1 saturated heterocycles. The molecule has 2 aromatic heterocycles. The summed E-state index contributed by atoms with van der Waals surface area (Å²) in [5, 5.41) is 2.91. The van der Waals surface area contributed by atoms with Gasteiger partial charge in [-0.15, -0.1) is 0 Å². The van der Waals surface area contributed by atoms with E-state index in [0.29, 0.717) is 28.4 Å². The average molecular weight is 477 g/mol. The molecular weight excluding hydrogens is 447 g/mol. The van der Waals surface area contributed by atoms with Gasteiger partial charge in [0.25, 0.3) is 11.5 Å². The highest BCUT2D eigenvalue weighted by atomic mass is 19.1. The van der Waals surface area contributed by atoms with Crippen LogP contribution in [0.2, 0.25) is 0 Å². The summed E-state index contributed by atoms with van der Waals surface area (Å²) in [4.78, 5) is 41.2. The van der Waals surface area contributed by atoms with Crippen molar-refractivity contribution in [1.82, 2.24) is 25.2 Å². The van der Waals surface area contributed by atoms with Crippen LogP contribution in [0.3, 0.4) is 0 Å². The molecule has 4 aliphatic rings. The smallest absolute Gasteiger partial charge is 0.269 e. The van der Waals surface area contributed by atoms with Crippen LogP contribution in [0.1, 0.15) is 35.6 Å². The lowest BCUT2D eigenvalue weighted by Crippen LogP contribution is -2.48. The van der Waals surface area contributed by atoms with E-state index in [2.05, 4.69) is 25.1 Å². The molecule has 35 heavy (non-hydrogen) atoms. The molecule has 2 bridgehead atoms. The van der Waals surface area contributed by atoms with Crippen molar-refractivity contribution in [2.45, 2.75) is 24.7 Å². The molecule has 0 radical (unpaired) electrons. The summed E-state index contributed by atoms with van der Waals surface area (Å²) in [7, 11) is 1.60. The predicted molar refractivity (Wildman–Crippen MR) is 131 cm³/mol. The standard InChI is InChI=1S/C26H29FN6O2/c1-28-24(35)22-5-3-19(14-29-22)33-8-6-32(7-9-33)15-17-13-26(11-16(17)12-26)25-30-21-4-2-18(27)10-20(21)23(34)31-25/h2-5,10,14,16-17H,6-9,11-13,15H2,1H3,(H,28,35)(H,30,31,34)/t16?,17-,26?/m1/s1. The molecule has 0 spiro atoms. The van der Waals surface area contributed by atoms with Crippen molar-refractivity contribution in [1.29, 1.82) is 0 Å². The summed E-state index contributed by atoms with van der Waals surface area (Å²) in [6, 6.07) is 7.96. The first-order chi connectivity index (χ1) is 16.9. The monoisotopic (exact) mass is 476 g/mol. The highest BCUT2D eigenvalue weighted by Crippen LogP contribution is 2.61. The Balaban J connectivity index is 1.08. The number of rotatable bonds is 5. The summed E-state index contributed by atoms with van der Waals surface area (Å²) in [5.74, 6) is 1.45. The molecule has 9 heteroatoms. The Kier molecular flexibility index (Phi) is 5.32. The van der Waals surface area contributed by atoms with Crippen LogP contribution < -0.4 is 15.8 Å². The molecule has 3 aliphatic carbocycles. The van der Waals surface area contributed by atoms with Crippen molar-refractivity contribution in [3.8, 4) is 0 Å². The molecule has 2 N–H and O–H groups in total. The fourth-order valence-electron chi connectivity index (χ4n) is 6.33. The summed E-state index contributed by atoms with van der Waals surface area (Å²) in [5.41, 5.74) is 1.75. The van der Waals surface area contributed by atoms with Crippen LogP contribution in [0.4, 0.5) is 10.1 Å². The highest BCUT2D eigenvalue weighted by Gasteiger charge is 2.58. The number of benzene rings is 1. The number of carbonyl (C=O) groups excluding carboxylic acids is 1. The van der Waals surface area contributed by atoms with Gasteiger partial charge in [0.1, 0.15) is 17.3 Å². The van der Waals surface area contributed by atoms with E-state index in [1.165, 1.54) is 12.1 Å². The zero-order chi connectivity index (χ0) is 24.2. The number of H-pyrrole nitrogens is 1. The molecule has 7 rings (SSSR count). The second kappa shape index (κ2) is 8.41. The number of nitrogens with one attached hydrogen (secondary N) is 2. The fraction of sp³-hybridized carbons (Fsp3) is 0.462. The lowest BCUT2D eigenvalue weighted by atomic mass is 9.68. The number of pyridine rings is 1. The van der Waals surface area contributed by atoms with Crippen molar-refractivity contribution >= 4 is 22.5 Å². The van der Waals surface area contributed by atoms with Crippen LogP contribution in [0.25, 0.3) is 10.9 Å². The molecular formula is C26H29FN6O2. The van der Waals surface area contributed by atoms with Gasteiger partial charge in [-0.05, 0) is 61.4 Å². The third-order valence-corrected chi connectivity index (χ3v) is 8.23. The Morgan fingerprint density at radius 2 is 1.97 bits per heavy atom. The lowest BCUT2D eigenvalue weighted by molar-refractivity contribution is 0.0958. The third kappa shape index (κ3) is 3.87. The summed E-state index contributed by atoms with van der Waals surface area (Å²) in [6.45, 7) is 4.91. The van der Waals surface area contributed by atoms with Crippen LogP contribution in [0.5, 0.6) is 0 Å². The van der Waals surface area contributed by atoms with Crippen LogP contribution in [-0.2, 0) is 5.41 Å². The van der Waals surface area contributed by atoms with Gasteiger partial charge in [-0.25, -0.2) is 14.4 Å². The molecule has 1 amide bonds. The maximum atomic E-state index is 13.5. The molecule has 182 valence electrons. The molecule has 3 aromatic rings. The first kappa shape index (κ1) is 22.2. The van der Waals surface area contributed by atoms with E-state index < -0.39 is 5.82 Å². The number of aromatic amines is 1. The normalized spacial score (nSPS) is 26.1. The molecule has 0 unspecified atom stereocenters. The van der Waals surface area contributed by atoms with Crippen LogP contribution in [0.15, 0.2) is 41.3 Å². The molecule has 1 aromatic carbocycles. The summed E-state index contributed by atoms with van der Waals surface area (Å²) < 4.78 is 13.5. The van der Waals surface area contributed by atoms with E-state index in [1.54, 1.807) is 25.4 Å². The first-order valence-electron chi connectivity index (χ1n) is 12.3. The minimum Gasteiger partial charge on any atom is -0.368 e. The average Bonchev–Trinajstić information content (AvgIpc) is 3.40. The Morgan fingerprint density at radius 3 is 2.69 bits per heavy atom. The zero-order valence-corrected chi connectivity index (χ0v) is 19.8. The second-order valence-electron chi connectivity index (χ2n) is 10.3. The van der Waals surface area contributed by atoms with E-state index >= 15 is 0 Å². The van der Waals surface area contributed by atoms with Gasteiger partial charge in [0.05, 0.1) is 22.8 Å². The fourth-order valence-corrected chi connectivity index (χ4v) is 6.33. The van der Waals surface area contributed by atoms with Crippen molar-refractivity contribution in [2.24, 2.45) is 11.8 Å². The third-order valence-electron chi connectivity index (χ3n) is 8.23. The molecule has 1 aliphatic heterocycles. The number of piperazine rings is 1. The summed E-state index contributed by atoms with van der Waals surface area (Å²) in [6.07, 6.45) is 4.95. The van der Waals surface area contributed by atoms with Gasteiger partial charge in [0.15, 0.2) is 0 Å². The number of nitrogens with zero attached hydrogens (tertiary/aromatic N) is 4. The summed E-state index contributed by atoms with van der Waals surface area (Å²) >= 11 is 0. The topological polar surface area (TPSA) is 94.2 Å². The first-order valence-corrected chi connectivity index (χ1v) is 12.3. The maximum Gasteiger partial charge on any atom is 0.269 e. The van der Waals surface area contributed by atoms with Gasteiger partial charge in [-0.1, -0.05) is 0 Å². The number of fused-ring (bicyclic) bond motifs is 2. The largest absolute Gasteiger partial charge is 0.368 e. The maximum absolute atomic E-state index is 13.5. The van der Waals surface area contributed by atoms with Gasteiger partial charge in [-0.2, -0.15) is 0 Å². The molecule has 1 atom stereocenters. The van der Waals surface area contributed by atoms with Gasteiger partial charge in [0.2, 0.25) is 0 Å². The Hall–Kier alpha value is -3.33. The Morgan fingerprint density at radius 1 is 1.17 bits per heavy atom. The number of amides is 1. The lowest BCUT2D eigenvalue weighted by Gasteiger charge is -2.39. The minimum absolute atomic E-state index is 0.0446. The number of halogens is 1. The quantitative estimate of drug-likeness (QED) is 0.587. The number of aromatic nitrogens is 3. The molecule has 3 saturated carbocycles. The number of carbonyl (C=O) groups is 1. The van der Waals surface area contributed by atoms with E-state index in [1.807, 2.05) is 6.07 Å². The van der Waals surface area contributed by atoms with Crippen LogP contribution >= 0.6 is 0 Å². The van der Waals surface area contributed by atoms with Gasteiger partial charge < -0.3 is 15.2 Å². The van der Waals surface area contributed by atoms with Crippen LogP contribution in [-0.4, -0.2) is 65.5 Å². The molecule has 4 fully saturated rings. The van der Waals surface area contributed by atoms with E-state index in [9.17, 15) is 14.0 Å². The van der Waals surface area contributed by atoms with Gasteiger partial charge >= 0.3 is 0 Å². The SMILES string of the molecule is CNC(=O)c1ccc(N2CCN(C[C@H]3CC4(c5nc6ccc(F)cc6c(=O)[nH]5)CC3C4)CC2)cn1. The Bertz CT molecular complexity index is 1330. The van der Waals surface area contributed by atoms with Gasteiger partial charge in [-0.3, -0.25) is 14.5 Å². The van der Waals surface area contributed by atoms with Crippen LogP contribution in [0, 0.1) is 17.7 Å². The van der Waals surface area contributed by atoms with Gasteiger partial charge in [0, 0.05) is 45.2 Å². The van der Waals surface area contributed by atoms with E-state index in [0.717, 1.165) is 63.5 Å². The number of anilines is 1. The van der Waals surface area contributed by atoms with Crippen molar-refractivity contribution in [2.75, 3.05) is 44.7 Å². The predicted octanol–water partition coefficient (Wildman–Crippen LogP) is 2.31. The van der Waals surface area contributed by atoms with E-state index in [4.69, 9.17) is 4.98 Å². The van der Waals surface area contributed by atoms with E-state index in [-0.39, 0.29) is 16.9 Å². The Labute approximate surface area is 202 Å². The zero-order valence-electron chi connectivity index (χ0n) is 19.8. The van der Waals surface area contributed by atoms with Crippen molar-refractivity contribution < 1.29 is 9.18 Å². The number of hydrogen-bond donors (Lipinski definition) is 2.